The molecule has 1 atom stereocenters. The molecule has 0 aliphatic rings. The van der Waals surface area contributed by atoms with Gasteiger partial charge >= 0.3 is 5.97 Å². The van der Waals surface area contributed by atoms with E-state index >= 15 is 0 Å². The smallest absolute Gasteiger partial charge is 0.337 e. The Labute approximate surface area is 136 Å². The number of hydrogen-bond donors (Lipinski definition) is 3. The van der Waals surface area contributed by atoms with Crippen LogP contribution in [-0.4, -0.2) is 37.2 Å². The molecule has 0 fully saturated rings. The molecule has 1 aromatic rings. The van der Waals surface area contributed by atoms with Crippen LogP contribution in [0.15, 0.2) is 21.5 Å². The van der Waals surface area contributed by atoms with Crippen molar-refractivity contribution < 1.29 is 23.4 Å². The molecule has 0 radical (unpaired) electrons. The second-order valence-electron chi connectivity index (χ2n) is 4.46. The molecule has 0 saturated carbocycles. The summed E-state index contributed by atoms with van der Waals surface area (Å²) in [6.45, 7) is 1.64. The quantitative estimate of drug-likeness (QED) is 0.651. The average Bonchev–Trinajstić information content (AvgIpc) is 2.38. The highest BCUT2D eigenvalue weighted by Gasteiger charge is 2.22. The van der Waals surface area contributed by atoms with Crippen molar-refractivity contribution in [2.75, 3.05) is 6.61 Å². The third kappa shape index (κ3) is 4.93. The molecule has 0 saturated heterocycles. The molecule has 0 amide bonds. The maximum Gasteiger partial charge on any atom is 0.337 e. The van der Waals surface area contributed by atoms with Crippen molar-refractivity contribution >= 4 is 43.5 Å². The summed E-state index contributed by atoms with van der Waals surface area (Å²) >= 11 is 8.86. The van der Waals surface area contributed by atoms with E-state index in [4.69, 9.17) is 21.8 Å². The van der Waals surface area contributed by atoms with Crippen LogP contribution in [0.25, 0.3) is 0 Å². The first kappa shape index (κ1) is 18.4. The van der Waals surface area contributed by atoms with Crippen LogP contribution in [0.5, 0.6) is 0 Å². The number of halogens is 2. The molecule has 6 nitrogen and oxygen atoms in total. The zero-order valence-corrected chi connectivity index (χ0v) is 14.3. The number of carboxylic acids is 1. The van der Waals surface area contributed by atoms with Crippen LogP contribution in [0.2, 0.25) is 5.02 Å². The number of sulfonamides is 1. The van der Waals surface area contributed by atoms with Gasteiger partial charge in [-0.2, -0.15) is 0 Å². The fourth-order valence-corrected chi connectivity index (χ4v) is 3.80. The van der Waals surface area contributed by atoms with Crippen molar-refractivity contribution in [1.82, 2.24) is 4.72 Å². The second-order valence-corrected chi connectivity index (χ2v) is 7.41. The third-order valence-electron chi connectivity index (χ3n) is 2.69. The Balaban J connectivity index is 3.12. The molecule has 0 aliphatic carbocycles. The van der Waals surface area contributed by atoms with Crippen LogP contribution in [0, 0.1) is 0 Å². The fourth-order valence-electron chi connectivity index (χ4n) is 1.66. The van der Waals surface area contributed by atoms with E-state index < -0.39 is 16.0 Å². The molecule has 9 heteroatoms. The van der Waals surface area contributed by atoms with Crippen molar-refractivity contribution in [3.05, 3.63) is 27.2 Å². The van der Waals surface area contributed by atoms with Gasteiger partial charge in [-0.1, -0.05) is 11.6 Å². The maximum atomic E-state index is 12.2. The van der Waals surface area contributed by atoms with Gasteiger partial charge in [0.25, 0.3) is 0 Å². The molecule has 0 aliphatic heterocycles. The molecule has 3 N–H and O–H groups in total. The lowest BCUT2D eigenvalue weighted by molar-refractivity contribution is 0.0696. The van der Waals surface area contributed by atoms with Crippen LogP contribution in [0.1, 0.15) is 30.1 Å². The molecule has 0 aromatic heterocycles. The topological polar surface area (TPSA) is 104 Å². The minimum absolute atomic E-state index is 0.0261. The molecule has 0 spiro atoms. The maximum absolute atomic E-state index is 12.2. The van der Waals surface area contributed by atoms with Crippen molar-refractivity contribution in [2.24, 2.45) is 0 Å². The Morgan fingerprint density at radius 3 is 2.62 bits per heavy atom. The van der Waals surface area contributed by atoms with Gasteiger partial charge in [0.1, 0.15) is 0 Å². The monoisotopic (exact) mass is 399 g/mol. The van der Waals surface area contributed by atoms with Gasteiger partial charge in [-0.25, -0.2) is 17.9 Å². The highest BCUT2D eigenvalue weighted by molar-refractivity contribution is 9.10. The molecule has 0 heterocycles. The first-order chi connectivity index (χ1) is 9.69. The van der Waals surface area contributed by atoms with Gasteiger partial charge in [0.2, 0.25) is 10.0 Å². The highest BCUT2D eigenvalue weighted by atomic mass is 79.9. The summed E-state index contributed by atoms with van der Waals surface area (Å²) < 4.78 is 27.0. The normalized spacial score (nSPS) is 13.1. The predicted octanol–water partition coefficient (Wildman–Crippen LogP) is 2.24. The van der Waals surface area contributed by atoms with Gasteiger partial charge in [-0.15, -0.1) is 0 Å². The average molecular weight is 401 g/mol. The minimum atomic E-state index is -3.87. The number of carboxylic acid groups (broad SMARTS) is 1. The van der Waals surface area contributed by atoms with E-state index in [1.807, 2.05) is 0 Å². The van der Waals surface area contributed by atoms with Crippen molar-refractivity contribution in [1.29, 1.82) is 0 Å². The van der Waals surface area contributed by atoms with Crippen LogP contribution in [-0.2, 0) is 10.0 Å². The van der Waals surface area contributed by atoms with Gasteiger partial charge in [0, 0.05) is 17.1 Å². The lowest BCUT2D eigenvalue weighted by atomic mass is 10.2. The molecule has 118 valence electrons. The van der Waals surface area contributed by atoms with E-state index in [1.54, 1.807) is 6.92 Å². The Bertz CT molecular complexity index is 635. The molecule has 1 unspecified atom stereocenters. The zero-order valence-electron chi connectivity index (χ0n) is 11.1. The van der Waals surface area contributed by atoms with E-state index in [1.165, 1.54) is 6.07 Å². The number of aliphatic hydroxyl groups is 1. The Morgan fingerprint density at radius 1 is 1.48 bits per heavy atom. The fraction of sp³-hybridized carbons (Fsp3) is 0.417. The first-order valence-corrected chi connectivity index (χ1v) is 8.70. The number of rotatable bonds is 7. The summed E-state index contributed by atoms with van der Waals surface area (Å²) in [5, 5.41) is 17.7. The van der Waals surface area contributed by atoms with Crippen LogP contribution in [0.4, 0.5) is 0 Å². The van der Waals surface area contributed by atoms with Crippen LogP contribution in [0.3, 0.4) is 0 Å². The van der Waals surface area contributed by atoms with Crippen molar-refractivity contribution in [2.45, 2.75) is 30.7 Å². The second kappa shape index (κ2) is 7.55. The lowest BCUT2D eigenvalue weighted by Crippen LogP contribution is -2.32. The molecular weight excluding hydrogens is 386 g/mol. The number of aromatic carboxylic acids is 1. The highest BCUT2D eigenvalue weighted by Crippen LogP contribution is 2.30. The minimum Gasteiger partial charge on any atom is -0.478 e. The zero-order chi connectivity index (χ0) is 16.2. The number of nitrogens with one attached hydrogen (secondary N) is 1. The van der Waals surface area contributed by atoms with E-state index in [2.05, 4.69) is 20.7 Å². The lowest BCUT2D eigenvalue weighted by Gasteiger charge is -2.14. The van der Waals surface area contributed by atoms with Crippen LogP contribution >= 0.6 is 27.5 Å². The number of aliphatic hydroxyl groups excluding tert-OH is 1. The summed E-state index contributed by atoms with van der Waals surface area (Å²) in [6, 6.07) is 1.87. The Hall–Kier alpha value is -0.670. The number of hydrogen-bond acceptors (Lipinski definition) is 4. The Morgan fingerprint density at radius 2 is 2.10 bits per heavy atom. The molecule has 1 rings (SSSR count). The molecular formula is C12H15BrClNO5S. The van der Waals surface area contributed by atoms with Gasteiger partial charge in [0.05, 0.1) is 15.5 Å². The van der Waals surface area contributed by atoms with E-state index in [9.17, 15) is 13.2 Å². The SMILES string of the molecule is CC(CCCO)NS(=O)(=O)c1cc(Br)c(Cl)c(C(=O)O)c1. The summed E-state index contributed by atoms with van der Waals surface area (Å²) in [4.78, 5) is 10.9. The van der Waals surface area contributed by atoms with Gasteiger partial charge in [0.15, 0.2) is 0 Å². The van der Waals surface area contributed by atoms with Crippen molar-refractivity contribution in [3.63, 3.8) is 0 Å². The molecule has 21 heavy (non-hydrogen) atoms. The largest absolute Gasteiger partial charge is 0.478 e. The van der Waals surface area contributed by atoms with Gasteiger partial charge in [-0.3, -0.25) is 0 Å². The predicted molar refractivity (Wildman–Crippen MR) is 82.2 cm³/mol. The Kier molecular flexibility index (Phi) is 6.61. The third-order valence-corrected chi connectivity index (χ3v) is 5.52. The van der Waals surface area contributed by atoms with Gasteiger partial charge in [-0.05, 0) is 47.8 Å². The first-order valence-electron chi connectivity index (χ1n) is 6.04. The molecule has 1 aromatic carbocycles. The summed E-state index contributed by atoms with van der Waals surface area (Å²) in [6.07, 6.45) is 0.935. The number of carbonyl (C=O) groups is 1. The molecule has 0 bridgehead atoms. The van der Waals surface area contributed by atoms with Crippen LogP contribution < -0.4 is 4.72 Å². The summed E-state index contributed by atoms with van der Waals surface area (Å²) in [5.74, 6) is -1.31. The van der Waals surface area contributed by atoms with Crippen molar-refractivity contribution in [3.8, 4) is 0 Å². The van der Waals surface area contributed by atoms with Gasteiger partial charge < -0.3 is 10.2 Å². The summed E-state index contributed by atoms with van der Waals surface area (Å²) in [7, 11) is -3.87. The van der Waals surface area contributed by atoms with E-state index in [-0.39, 0.29) is 32.6 Å². The standard InChI is InChI=1S/C12H15BrClNO5S/c1-7(3-2-4-16)15-21(19,20)8-5-9(12(17)18)11(14)10(13)6-8/h5-7,15-16H,2-4H2,1H3,(H,17,18). The van der Waals surface area contributed by atoms with E-state index in [0.717, 1.165) is 6.07 Å². The number of benzene rings is 1. The van der Waals surface area contributed by atoms with E-state index in [0.29, 0.717) is 12.8 Å². The summed E-state index contributed by atoms with van der Waals surface area (Å²) in [5.41, 5.74) is -0.297.